The molecule has 1 heterocycles. The zero-order chi connectivity index (χ0) is 21.0. The highest BCUT2D eigenvalue weighted by atomic mass is 32.2. The first-order valence-corrected chi connectivity index (χ1v) is 11.2. The van der Waals surface area contributed by atoms with Crippen molar-refractivity contribution in [1.82, 2.24) is 9.21 Å². The maximum Gasteiger partial charge on any atom is 0.337 e. The molecule has 1 fully saturated rings. The topological polar surface area (TPSA) is 66.9 Å². The van der Waals surface area contributed by atoms with Crippen molar-refractivity contribution in [3.8, 4) is 0 Å². The Morgan fingerprint density at radius 2 is 1.76 bits per heavy atom. The maximum atomic E-state index is 13.2. The Labute approximate surface area is 173 Å². The van der Waals surface area contributed by atoms with E-state index in [0.717, 1.165) is 19.5 Å². The van der Waals surface area contributed by atoms with Gasteiger partial charge in [-0.25, -0.2) is 13.2 Å². The van der Waals surface area contributed by atoms with Crippen molar-refractivity contribution in [3.05, 3.63) is 64.7 Å². The average molecular weight is 417 g/mol. The fraction of sp³-hybridized carbons (Fsp3) is 0.409. The molecule has 2 aromatic rings. The number of benzene rings is 2. The minimum atomic E-state index is -3.62. The molecule has 0 spiro atoms. The standard InChI is InChI=1S/C22H28N2O4S/c1-17-7-4-5-8-20(17)16-23-11-6-12-24(14-13-23)29(26,27)21-10-9-19(15-18(21)2)22(25)28-3/h4-5,7-10,15H,6,11-14,16H2,1-3H3. The van der Waals surface area contributed by atoms with Crippen LogP contribution in [0.5, 0.6) is 0 Å². The lowest BCUT2D eigenvalue weighted by atomic mass is 10.1. The quantitative estimate of drug-likeness (QED) is 0.701. The molecule has 2 aromatic carbocycles. The van der Waals surface area contributed by atoms with Crippen molar-refractivity contribution >= 4 is 16.0 Å². The second kappa shape index (κ2) is 9.07. The van der Waals surface area contributed by atoms with E-state index in [2.05, 4.69) is 24.0 Å². The van der Waals surface area contributed by atoms with Gasteiger partial charge in [-0.1, -0.05) is 24.3 Å². The molecule has 0 unspecified atom stereocenters. The average Bonchev–Trinajstić information content (AvgIpc) is 2.95. The molecule has 3 rings (SSSR count). The third-order valence-corrected chi connectivity index (χ3v) is 7.48. The van der Waals surface area contributed by atoms with Crippen LogP contribution in [0.2, 0.25) is 0 Å². The summed E-state index contributed by atoms with van der Waals surface area (Å²) >= 11 is 0. The number of ether oxygens (including phenoxy) is 1. The van der Waals surface area contributed by atoms with E-state index in [1.54, 1.807) is 17.3 Å². The van der Waals surface area contributed by atoms with Crippen LogP contribution in [0.25, 0.3) is 0 Å². The van der Waals surface area contributed by atoms with Crippen LogP contribution in [0.3, 0.4) is 0 Å². The minimum Gasteiger partial charge on any atom is -0.465 e. The fourth-order valence-corrected chi connectivity index (χ4v) is 5.37. The van der Waals surface area contributed by atoms with Crippen LogP contribution in [0.15, 0.2) is 47.4 Å². The number of esters is 1. The van der Waals surface area contributed by atoms with E-state index in [4.69, 9.17) is 4.74 Å². The van der Waals surface area contributed by atoms with Gasteiger partial charge in [0.05, 0.1) is 17.6 Å². The Bertz CT molecular complexity index is 988. The SMILES string of the molecule is COC(=O)c1ccc(S(=O)(=O)N2CCCN(Cc3ccccc3C)CC2)c(C)c1. The van der Waals surface area contributed by atoms with Crippen molar-refractivity contribution in [3.63, 3.8) is 0 Å². The molecule has 1 aliphatic rings. The van der Waals surface area contributed by atoms with Crippen LogP contribution in [0.4, 0.5) is 0 Å². The Morgan fingerprint density at radius 3 is 2.45 bits per heavy atom. The van der Waals surface area contributed by atoms with Crippen LogP contribution >= 0.6 is 0 Å². The number of sulfonamides is 1. The third-order valence-electron chi connectivity index (χ3n) is 5.42. The normalized spacial score (nSPS) is 16.4. The zero-order valence-electron chi connectivity index (χ0n) is 17.2. The number of carbonyl (C=O) groups excluding carboxylic acids is 1. The molecule has 1 saturated heterocycles. The fourth-order valence-electron chi connectivity index (χ4n) is 3.70. The Balaban J connectivity index is 1.74. The second-order valence-electron chi connectivity index (χ2n) is 7.43. The lowest BCUT2D eigenvalue weighted by Crippen LogP contribution is -2.35. The molecule has 0 N–H and O–H groups in total. The van der Waals surface area contributed by atoms with Gasteiger partial charge < -0.3 is 4.74 Å². The summed E-state index contributed by atoms with van der Waals surface area (Å²) in [6.45, 7) is 7.13. The number of methoxy groups -OCH3 is 1. The smallest absolute Gasteiger partial charge is 0.337 e. The van der Waals surface area contributed by atoms with Crippen molar-refractivity contribution in [2.24, 2.45) is 0 Å². The zero-order valence-corrected chi connectivity index (χ0v) is 18.0. The van der Waals surface area contributed by atoms with E-state index in [0.29, 0.717) is 30.8 Å². The lowest BCUT2D eigenvalue weighted by molar-refractivity contribution is 0.0600. The van der Waals surface area contributed by atoms with Gasteiger partial charge in [-0.3, -0.25) is 4.90 Å². The molecule has 6 nitrogen and oxygen atoms in total. The Hall–Kier alpha value is -2.22. The van der Waals surface area contributed by atoms with Gasteiger partial charge in [-0.15, -0.1) is 0 Å². The van der Waals surface area contributed by atoms with E-state index in [-0.39, 0.29) is 4.90 Å². The molecule has 0 amide bonds. The highest BCUT2D eigenvalue weighted by Crippen LogP contribution is 2.23. The predicted octanol–water partition coefficient (Wildman–Crippen LogP) is 2.99. The van der Waals surface area contributed by atoms with E-state index < -0.39 is 16.0 Å². The number of nitrogens with zero attached hydrogens (tertiary/aromatic N) is 2. The van der Waals surface area contributed by atoms with Crippen LogP contribution in [0, 0.1) is 13.8 Å². The van der Waals surface area contributed by atoms with Crippen LogP contribution in [-0.4, -0.2) is 56.9 Å². The highest BCUT2D eigenvalue weighted by molar-refractivity contribution is 7.89. The third kappa shape index (κ3) is 4.86. The summed E-state index contributed by atoms with van der Waals surface area (Å²) in [5, 5.41) is 0. The lowest BCUT2D eigenvalue weighted by Gasteiger charge is -2.23. The molecule has 0 saturated carbocycles. The van der Waals surface area contributed by atoms with E-state index >= 15 is 0 Å². The number of aryl methyl sites for hydroxylation is 2. The molecular weight excluding hydrogens is 388 g/mol. The molecule has 1 aliphatic heterocycles. The summed E-state index contributed by atoms with van der Waals surface area (Å²) in [4.78, 5) is 14.3. The molecule has 0 bridgehead atoms. The van der Waals surface area contributed by atoms with E-state index in [1.165, 1.54) is 30.4 Å². The van der Waals surface area contributed by atoms with Gasteiger partial charge in [0, 0.05) is 26.2 Å². The van der Waals surface area contributed by atoms with Gasteiger partial charge in [0.25, 0.3) is 0 Å². The van der Waals surface area contributed by atoms with Crippen molar-refractivity contribution < 1.29 is 17.9 Å². The summed E-state index contributed by atoms with van der Waals surface area (Å²) in [5.41, 5.74) is 3.43. The van der Waals surface area contributed by atoms with Crippen LogP contribution in [-0.2, 0) is 21.3 Å². The van der Waals surface area contributed by atoms with Crippen LogP contribution in [0.1, 0.15) is 33.5 Å². The van der Waals surface area contributed by atoms with E-state index in [9.17, 15) is 13.2 Å². The Morgan fingerprint density at radius 1 is 1.00 bits per heavy atom. The molecule has 29 heavy (non-hydrogen) atoms. The molecule has 7 heteroatoms. The molecular formula is C22H28N2O4S. The van der Waals surface area contributed by atoms with Crippen molar-refractivity contribution in [2.45, 2.75) is 31.7 Å². The van der Waals surface area contributed by atoms with Crippen LogP contribution < -0.4 is 0 Å². The van der Waals surface area contributed by atoms with Crippen molar-refractivity contribution in [2.75, 3.05) is 33.3 Å². The number of hydrogen-bond acceptors (Lipinski definition) is 5. The van der Waals surface area contributed by atoms with Gasteiger partial charge in [0.2, 0.25) is 10.0 Å². The predicted molar refractivity (Wildman–Crippen MR) is 112 cm³/mol. The number of carbonyl (C=O) groups is 1. The highest BCUT2D eigenvalue weighted by Gasteiger charge is 2.28. The summed E-state index contributed by atoms with van der Waals surface area (Å²) in [5.74, 6) is -0.473. The number of rotatable bonds is 5. The summed E-state index contributed by atoms with van der Waals surface area (Å²) in [6, 6.07) is 12.9. The maximum absolute atomic E-state index is 13.2. The summed E-state index contributed by atoms with van der Waals surface area (Å²) < 4.78 is 32.7. The molecule has 156 valence electrons. The summed E-state index contributed by atoms with van der Waals surface area (Å²) in [7, 11) is -2.31. The summed E-state index contributed by atoms with van der Waals surface area (Å²) in [6.07, 6.45) is 0.782. The molecule has 0 atom stereocenters. The van der Waals surface area contributed by atoms with Gasteiger partial charge in [0.1, 0.15) is 0 Å². The first-order valence-electron chi connectivity index (χ1n) is 9.79. The van der Waals surface area contributed by atoms with E-state index in [1.807, 2.05) is 12.1 Å². The monoisotopic (exact) mass is 416 g/mol. The number of hydrogen-bond donors (Lipinski definition) is 0. The minimum absolute atomic E-state index is 0.248. The van der Waals surface area contributed by atoms with Gasteiger partial charge >= 0.3 is 5.97 Å². The first-order chi connectivity index (χ1) is 13.8. The van der Waals surface area contributed by atoms with Gasteiger partial charge in [-0.2, -0.15) is 4.31 Å². The van der Waals surface area contributed by atoms with Crippen molar-refractivity contribution in [1.29, 1.82) is 0 Å². The second-order valence-corrected chi connectivity index (χ2v) is 9.34. The largest absolute Gasteiger partial charge is 0.465 e. The molecule has 0 aromatic heterocycles. The molecule has 0 aliphatic carbocycles. The first kappa shape index (κ1) is 21.5. The van der Waals surface area contributed by atoms with Gasteiger partial charge in [-0.05, 0) is 61.7 Å². The molecule has 0 radical (unpaired) electrons. The Kier molecular flexibility index (Phi) is 6.72. The van der Waals surface area contributed by atoms with Gasteiger partial charge in [0.15, 0.2) is 0 Å².